The summed E-state index contributed by atoms with van der Waals surface area (Å²) in [5.41, 5.74) is 0. The molecule has 1 saturated heterocycles. The lowest BCUT2D eigenvalue weighted by atomic mass is 10.1. The van der Waals surface area contributed by atoms with Gasteiger partial charge in [0.2, 0.25) is 0 Å². The van der Waals surface area contributed by atoms with Crippen LogP contribution in [-0.2, 0) is 14.6 Å². The summed E-state index contributed by atoms with van der Waals surface area (Å²) in [5.74, 6) is -0.520. The van der Waals surface area contributed by atoms with E-state index in [-0.39, 0.29) is 30.0 Å². The number of rotatable bonds is 5. The van der Waals surface area contributed by atoms with Crippen LogP contribution >= 0.6 is 0 Å². The molecule has 0 aromatic rings. The van der Waals surface area contributed by atoms with E-state index >= 15 is 0 Å². The van der Waals surface area contributed by atoms with Crippen LogP contribution in [0.3, 0.4) is 0 Å². The summed E-state index contributed by atoms with van der Waals surface area (Å²) in [4.78, 5) is 10.9. The Kier molecular flexibility index (Phi) is 6.28. The van der Waals surface area contributed by atoms with Gasteiger partial charge in [-0.2, -0.15) is 0 Å². The molecule has 0 bridgehead atoms. The van der Waals surface area contributed by atoms with Crippen LogP contribution in [0.15, 0.2) is 0 Å². The number of halogens is 1. The third-order valence-electron chi connectivity index (χ3n) is 2.69. The van der Waals surface area contributed by atoms with E-state index in [0.717, 1.165) is 6.42 Å². The first-order chi connectivity index (χ1) is 6.94. The van der Waals surface area contributed by atoms with E-state index in [1.807, 2.05) is 6.92 Å². The molecule has 16 heavy (non-hydrogen) atoms. The summed E-state index contributed by atoms with van der Waals surface area (Å²) in [6.07, 6.45) is 1.97. The highest BCUT2D eigenvalue weighted by Crippen LogP contribution is 2.08. The maximum absolute atomic E-state index is 11.2. The first-order valence-electron chi connectivity index (χ1n) is 5.23. The lowest BCUT2D eigenvalue weighted by Crippen LogP contribution is -3.00. The SMILES string of the molecule is CCCC([NH2+]C1CCS(=O)(=O)C1)C(=O)O.[Cl-]. The van der Waals surface area contributed by atoms with E-state index in [0.29, 0.717) is 12.8 Å². The molecule has 1 rings (SSSR count). The molecule has 0 radical (unpaired) electrons. The zero-order chi connectivity index (χ0) is 11.5. The van der Waals surface area contributed by atoms with Crippen LogP contribution in [0.4, 0.5) is 0 Å². The van der Waals surface area contributed by atoms with Crippen molar-refractivity contribution in [2.24, 2.45) is 0 Å². The Morgan fingerprint density at radius 1 is 1.56 bits per heavy atom. The van der Waals surface area contributed by atoms with Crippen LogP contribution in [-0.4, -0.2) is 43.1 Å². The molecule has 1 aliphatic heterocycles. The minimum Gasteiger partial charge on any atom is -1.00 e. The van der Waals surface area contributed by atoms with Gasteiger partial charge in [-0.05, 0) is 6.42 Å². The number of hydrogen-bond donors (Lipinski definition) is 2. The second-order valence-corrected chi connectivity index (χ2v) is 6.32. The van der Waals surface area contributed by atoms with Crippen molar-refractivity contribution in [3.05, 3.63) is 0 Å². The number of nitrogens with two attached hydrogens (primary N) is 1. The van der Waals surface area contributed by atoms with Gasteiger partial charge in [0.25, 0.3) is 0 Å². The Morgan fingerprint density at radius 2 is 2.19 bits per heavy atom. The van der Waals surface area contributed by atoms with Gasteiger partial charge >= 0.3 is 5.97 Å². The number of aliphatic carboxylic acids is 1. The maximum atomic E-state index is 11.2. The molecule has 0 amide bonds. The molecular formula is C9H18ClNO4S. The van der Waals surface area contributed by atoms with E-state index in [4.69, 9.17) is 5.11 Å². The van der Waals surface area contributed by atoms with Gasteiger partial charge in [-0.15, -0.1) is 0 Å². The van der Waals surface area contributed by atoms with Crippen molar-refractivity contribution in [2.75, 3.05) is 11.5 Å². The van der Waals surface area contributed by atoms with E-state index in [2.05, 4.69) is 0 Å². The molecule has 0 aromatic heterocycles. The van der Waals surface area contributed by atoms with Crippen molar-refractivity contribution in [1.29, 1.82) is 0 Å². The van der Waals surface area contributed by atoms with Crippen molar-refractivity contribution in [3.63, 3.8) is 0 Å². The molecule has 7 heteroatoms. The van der Waals surface area contributed by atoms with Crippen molar-refractivity contribution < 1.29 is 36.0 Å². The van der Waals surface area contributed by atoms with Crippen molar-refractivity contribution in [3.8, 4) is 0 Å². The number of carbonyl (C=O) groups is 1. The molecule has 96 valence electrons. The predicted octanol–water partition coefficient (Wildman–Crippen LogP) is -4.01. The number of carboxylic acid groups (broad SMARTS) is 1. The topological polar surface area (TPSA) is 88.0 Å². The average molecular weight is 272 g/mol. The number of sulfone groups is 1. The Balaban J connectivity index is 0.00000225. The maximum Gasteiger partial charge on any atom is 0.362 e. The normalized spacial score (nSPS) is 24.7. The molecule has 0 aromatic carbocycles. The van der Waals surface area contributed by atoms with Crippen LogP contribution in [0.25, 0.3) is 0 Å². The Hall–Kier alpha value is -0.330. The first-order valence-corrected chi connectivity index (χ1v) is 7.05. The minimum atomic E-state index is -2.91. The Labute approximate surface area is 102 Å². The number of quaternary nitrogens is 1. The lowest BCUT2D eigenvalue weighted by molar-refractivity contribution is -0.706. The minimum absolute atomic E-state index is 0. The Morgan fingerprint density at radius 3 is 2.56 bits per heavy atom. The predicted molar refractivity (Wildman–Crippen MR) is 55.3 cm³/mol. The summed E-state index contributed by atoms with van der Waals surface area (Å²) in [5, 5.41) is 10.6. The van der Waals surface area contributed by atoms with Crippen LogP contribution in [0, 0.1) is 0 Å². The van der Waals surface area contributed by atoms with Gasteiger partial charge in [-0.1, -0.05) is 6.92 Å². The molecule has 0 saturated carbocycles. The monoisotopic (exact) mass is 271 g/mol. The highest BCUT2D eigenvalue weighted by molar-refractivity contribution is 7.91. The highest BCUT2D eigenvalue weighted by Gasteiger charge is 2.34. The molecular weight excluding hydrogens is 254 g/mol. The van der Waals surface area contributed by atoms with Crippen molar-refractivity contribution in [2.45, 2.75) is 38.3 Å². The summed E-state index contributed by atoms with van der Waals surface area (Å²) >= 11 is 0. The van der Waals surface area contributed by atoms with Gasteiger partial charge < -0.3 is 22.8 Å². The fourth-order valence-electron chi connectivity index (χ4n) is 1.92. The molecule has 0 spiro atoms. The second kappa shape index (κ2) is 6.42. The first kappa shape index (κ1) is 15.7. The van der Waals surface area contributed by atoms with Gasteiger partial charge in [-0.25, -0.2) is 13.2 Å². The molecule has 1 heterocycles. The summed E-state index contributed by atoms with van der Waals surface area (Å²) in [6, 6.07) is -0.559. The largest absolute Gasteiger partial charge is 1.00 e. The fraction of sp³-hybridized carbons (Fsp3) is 0.889. The van der Waals surface area contributed by atoms with E-state index in [1.165, 1.54) is 0 Å². The quantitative estimate of drug-likeness (QED) is 0.533. The molecule has 2 atom stereocenters. The molecule has 1 fully saturated rings. The third kappa shape index (κ3) is 4.67. The fourth-order valence-corrected chi connectivity index (χ4v) is 3.68. The van der Waals surface area contributed by atoms with Gasteiger partial charge in [0, 0.05) is 12.8 Å². The van der Waals surface area contributed by atoms with Gasteiger partial charge in [0.05, 0.1) is 5.75 Å². The molecule has 0 aliphatic carbocycles. The molecule has 1 aliphatic rings. The highest BCUT2D eigenvalue weighted by atomic mass is 35.5. The molecule has 2 unspecified atom stereocenters. The van der Waals surface area contributed by atoms with Crippen LogP contribution in [0.2, 0.25) is 0 Å². The van der Waals surface area contributed by atoms with Gasteiger partial charge in [-0.3, -0.25) is 0 Å². The summed E-state index contributed by atoms with van der Waals surface area (Å²) < 4.78 is 22.4. The van der Waals surface area contributed by atoms with Crippen LogP contribution in [0.5, 0.6) is 0 Å². The Bertz CT molecular complexity index is 330. The number of carboxylic acids is 1. The van der Waals surface area contributed by atoms with Crippen LogP contribution in [0.1, 0.15) is 26.2 Å². The second-order valence-electron chi connectivity index (χ2n) is 4.09. The third-order valence-corrected chi connectivity index (χ3v) is 4.48. The van der Waals surface area contributed by atoms with Gasteiger partial charge in [0.1, 0.15) is 11.8 Å². The van der Waals surface area contributed by atoms with Crippen molar-refractivity contribution in [1.82, 2.24) is 0 Å². The average Bonchev–Trinajstić information content (AvgIpc) is 2.44. The van der Waals surface area contributed by atoms with Crippen LogP contribution < -0.4 is 17.7 Å². The van der Waals surface area contributed by atoms with E-state index < -0.39 is 21.8 Å². The van der Waals surface area contributed by atoms with E-state index in [9.17, 15) is 13.2 Å². The molecule has 3 N–H and O–H groups in total. The van der Waals surface area contributed by atoms with Gasteiger partial charge in [0.15, 0.2) is 15.9 Å². The van der Waals surface area contributed by atoms with Crippen molar-refractivity contribution >= 4 is 15.8 Å². The lowest BCUT2D eigenvalue weighted by Gasteiger charge is -2.14. The molecule has 5 nitrogen and oxygen atoms in total. The number of hydrogen-bond acceptors (Lipinski definition) is 3. The zero-order valence-corrected chi connectivity index (χ0v) is 10.8. The summed E-state index contributed by atoms with van der Waals surface area (Å²) in [7, 11) is -2.91. The zero-order valence-electron chi connectivity index (χ0n) is 9.23. The standard InChI is InChI=1S/C9H17NO4S.ClH/c1-2-3-8(9(11)12)10-7-4-5-15(13,14)6-7;/h7-8,10H,2-6H2,1H3,(H,11,12);1H. The summed E-state index contributed by atoms with van der Waals surface area (Å²) in [6.45, 7) is 1.93. The van der Waals surface area contributed by atoms with E-state index in [1.54, 1.807) is 5.32 Å². The smallest absolute Gasteiger partial charge is 0.362 e.